The van der Waals surface area contributed by atoms with E-state index in [-0.39, 0.29) is 5.97 Å². The molecular weight excluding hydrogens is 468 g/mol. The second-order valence-electron chi connectivity index (χ2n) is 9.66. The number of fused-ring (bicyclic) bond motifs is 1. The molecule has 1 aliphatic heterocycles. The van der Waals surface area contributed by atoms with E-state index < -0.39 is 0 Å². The first-order chi connectivity index (χ1) is 17.9. The van der Waals surface area contributed by atoms with Crippen LogP contribution in [-0.4, -0.2) is 56.7 Å². The number of likely N-dealkylation sites (tertiary alicyclic amines) is 1. The van der Waals surface area contributed by atoms with Gasteiger partial charge in [-0.1, -0.05) is 29.8 Å². The van der Waals surface area contributed by atoms with Crippen LogP contribution >= 0.6 is 0 Å². The zero-order chi connectivity index (χ0) is 25.9. The Morgan fingerprint density at radius 2 is 1.76 bits per heavy atom. The second-order valence-corrected chi connectivity index (χ2v) is 9.66. The summed E-state index contributed by atoms with van der Waals surface area (Å²) in [6.07, 6.45) is 3.47. The number of hydrogen-bond donors (Lipinski definition) is 1. The molecule has 3 heterocycles. The molecule has 9 heteroatoms. The number of ether oxygens (including phenoxy) is 2. The summed E-state index contributed by atoms with van der Waals surface area (Å²) in [5, 5.41) is 7.90. The van der Waals surface area contributed by atoms with Gasteiger partial charge in [0.15, 0.2) is 0 Å². The maximum Gasteiger partial charge on any atom is 0.337 e. The third-order valence-electron chi connectivity index (χ3n) is 6.75. The zero-order valence-corrected chi connectivity index (χ0v) is 21.7. The van der Waals surface area contributed by atoms with E-state index in [1.165, 1.54) is 24.6 Å². The van der Waals surface area contributed by atoms with Gasteiger partial charge < -0.3 is 14.8 Å². The van der Waals surface area contributed by atoms with Gasteiger partial charge in [0.1, 0.15) is 17.9 Å². The van der Waals surface area contributed by atoms with Gasteiger partial charge in [0.2, 0.25) is 5.88 Å². The SMILES string of the molecule is COC(=O)c1ccc(CN2CCC(Nc3cc(Oc4c(C)cc(C)cc4C)n4ncnc4n3)CC2)cc1. The number of rotatable bonds is 7. The number of esters is 1. The summed E-state index contributed by atoms with van der Waals surface area (Å²) >= 11 is 0. The van der Waals surface area contributed by atoms with Crippen LogP contribution in [0, 0.1) is 20.8 Å². The third-order valence-corrected chi connectivity index (χ3v) is 6.75. The van der Waals surface area contributed by atoms with E-state index in [4.69, 9.17) is 9.47 Å². The molecule has 5 rings (SSSR count). The van der Waals surface area contributed by atoms with Crippen LogP contribution in [0.3, 0.4) is 0 Å². The molecule has 0 spiro atoms. The molecule has 1 saturated heterocycles. The highest BCUT2D eigenvalue weighted by atomic mass is 16.5. The quantitative estimate of drug-likeness (QED) is 0.365. The monoisotopic (exact) mass is 500 g/mol. The molecule has 1 N–H and O–H groups in total. The number of benzene rings is 2. The van der Waals surface area contributed by atoms with Crippen molar-refractivity contribution in [1.82, 2.24) is 24.5 Å². The molecule has 1 aliphatic rings. The summed E-state index contributed by atoms with van der Waals surface area (Å²) in [5.74, 6) is 2.32. The maximum atomic E-state index is 11.7. The number of aromatic nitrogens is 4. The number of anilines is 1. The minimum atomic E-state index is -0.311. The lowest BCUT2D eigenvalue weighted by atomic mass is 10.0. The molecule has 2 aromatic heterocycles. The van der Waals surface area contributed by atoms with Gasteiger partial charge in [-0.2, -0.15) is 19.6 Å². The normalized spacial score (nSPS) is 14.6. The van der Waals surface area contributed by atoms with Crippen molar-refractivity contribution < 1.29 is 14.3 Å². The Morgan fingerprint density at radius 3 is 2.43 bits per heavy atom. The second kappa shape index (κ2) is 10.6. The van der Waals surface area contributed by atoms with Gasteiger partial charge in [0, 0.05) is 31.7 Å². The van der Waals surface area contributed by atoms with Crippen molar-refractivity contribution in [3.63, 3.8) is 0 Å². The van der Waals surface area contributed by atoms with E-state index >= 15 is 0 Å². The first-order valence-electron chi connectivity index (χ1n) is 12.5. The van der Waals surface area contributed by atoms with Crippen molar-refractivity contribution in [2.75, 3.05) is 25.5 Å². The fourth-order valence-electron chi connectivity index (χ4n) is 4.93. The summed E-state index contributed by atoms with van der Waals surface area (Å²) in [6, 6.07) is 14.1. The van der Waals surface area contributed by atoms with E-state index in [2.05, 4.69) is 58.2 Å². The Bertz CT molecular complexity index is 1380. The van der Waals surface area contributed by atoms with E-state index in [1.54, 1.807) is 4.52 Å². The molecule has 0 amide bonds. The molecule has 0 radical (unpaired) electrons. The van der Waals surface area contributed by atoms with Crippen molar-refractivity contribution in [1.29, 1.82) is 0 Å². The molecule has 0 atom stereocenters. The van der Waals surface area contributed by atoms with Crippen LogP contribution in [0.4, 0.5) is 5.82 Å². The molecule has 37 heavy (non-hydrogen) atoms. The highest BCUT2D eigenvalue weighted by Crippen LogP contribution is 2.31. The van der Waals surface area contributed by atoms with Crippen molar-refractivity contribution in [2.45, 2.75) is 46.2 Å². The van der Waals surface area contributed by atoms with Gasteiger partial charge >= 0.3 is 5.97 Å². The van der Waals surface area contributed by atoms with Crippen LogP contribution in [0.1, 0.15) is 45.5 Å². The molecule has 0 saturated carbocycles. The van der Waals surface area contributed by atoms with Crippen LogP contribution in [0.25, 0.3) is 5.78 Å². The van der Waals surface area contributed by atoms with Crippen molar-refractivity contribution >= 4 is 17.6 Å². The number of piperidine rings is 1. The largest absolute Gasteiger partial charge is 0.465 e. The number of carbonyl (C=O) groups excluding carboxylic acids is 1. The highest BCUT2D eigenvalue weighted by Gasteiger charge is 2.21. The minimum absolute atomic E-state index is 0.298. The Hall–Kier alpha value is -3.98. The predicted molar refractivity (Wildman–Crippen MR) is 141 cm³/mol. The van der Waals surface area contributed by atoms with E-state index in [9.17, 15) is 4.79 Å². The van der Waals surface area contributed by atoms with E-state index in [0.29, 0.717) is 23.3 Å². The topological polar surface area (TPSA) is 93.9 Å². The van der Waals surface area contributed by atoms with Gasteiger partial charge in [-0.05, 0) is 62.4 Å². The molecule has 0 unspecified atom stereocenters. The van der Waals surface area contributed by atoms with Crippen LogP contribution in [0.2, 0.25) is 0 Å². The summed E-state index contributed by atoms with van der Waals surface area (Å²) < 4.78 is 12.8. The molecule has 192 valence electrons. The van der Waals surface area contributed by atoms with Crippen LogP contribution in [0.15, 0.2) is 48.8 Å². The fourth-order valence-corrected chi connectivity index (χ4v) is 4.93. The molecule has 2 aromatic carbocycles. The van der Waals surface area contributed by atoms with Gasteiger partial charge in [0.25, 0.3) is 5.78 Å². The first kappa shape index (κ1) is 24.7. The number of methoxy groups -OCH3 is 1. The maximum absolute atomic E-state index is 11.7. The third kappa shape index (κ3) is 5.56. The van der Waals surface area contributed by atoms with E-state index in [1.807, 2.05) is 30.3 Å². The Kier molecular flexibility index (Phi) is 7.05. The lowest BCUT2D eigenvalue weighted by molar-refractivity contribution is 0.0600. The van der Waals surface area contributed by atoms with Gasteiger partial charge in [-0.15, -0.1) is 0 Å². The van der Waals surface area contributed by atoms with Crippen molar-refractivity contribution in [3.05, 3.63) is 76.6 Å². The molecule has 0 bridgehead atoms. The van der Waals surface area contributed by atoms with Crippen LogP contribution in [0.5, 0.6) is 11.6 Å². The Balaban J connectivity index is 1.24. The Morgan fingerprint density at radius 1 is 1.05 bits per heavy atom. The van der Waals surface area contributed by atoms with Gasteiger partial charge in [0.05, 0.1) is 12.7 Å². The highest BCUT2D eigenvalue weighted by molar-refractivity contribution is 5.89. The minimum Gasteiger partial charge on any atom is -0.465 e. The zero-order valence-electron chi connectivity index (χ0n) is 21.7. The number of aryl methyl sites for hydroxylation is 3. The molecule has 4 aromatic rings. The smallest absolute Gasteiger partial charge is 0.337 e. The molecule has 1 fully saturated rings. The summed E-state index contributed by atoms with van der Waals surface area (Å²) in [7, 11) is 1.40. The number of hydrogen-bond acceptors (Lipinski definition) is 8. The van der Waals surface area contributed by atoms with Crippen LogP contribution in [-0.2, 0) is 11.3 Å². The van der Waals surface area contributed by atoms with Crippen LogP contribution < -0.4 is 10.1 Å². The standard InChI is InChI=1S/C28H32N6O3/c1-18-13-19(2)26(20(3)14-18)37-25-15-24(32-28-29-17-30-34(25)28)31-23-9-11-33(12-10-23)16-21-5-7-22(8-6-21)27(35)36-4/h5-8,13-15,17,23H,9-12,16H2,1-4H3,(H,29,30,31,32). The number of nitrogens with one attached hydrogen (secondary N) is 1. The lowest BCUT2D eigenvalue weighted by Crippen LogP contribution is -2.38. The Labute approximate surface area is 216 Å². The molecule has 9 nitrogen and oxygen atoms in total. The lowest BCUT2D eigenvalue weighted by Gasteiger charge is -2.32. The first-order valence-corrected chi connectivity index (χ1v) is 12.5. The predicted octanol–water partition coefficient (Wildman–Crippen LogP) is 4.70. The van der Waals surface area contributed by atoms with Gasteiger partial charge in [-0.3, -0.25) is 4.90 Å². The van der Waals surface area contributed by atoms with Crippen molar-refractivity contribution in [3.8, 4) is 11.6 Å². The van der Waals surface area contributed by atoms with Gasteiger partial charge in [-0.25, -0.2) is 4.79 Å². The van der Waals surface area contributed by atoms with E-state index in [0.717, 1.165) is 55.2 Å². The molecular formula is C28H32N6O3. The number of nitrogens with zero attached hydrogens (tertiary/aromatic N) is 5. The average Bonchev–Trinajstić information content (AvgIpc) is 3.36. The fraction of sp³-hybridized carbons (Fsp3) is 0.357. The summed E-state index contributed by atoms with van der Waals surface area (Å²) in [5.41, 5.74) is 5.10. The summed E-state index contributed by atoms with van der Waals surface area (Å²) in [6.45, 7) is 8.97. The number of carbonyl (C=O) groups is 1. The van der Waals surface area contributed by atoms with Crippen molar-refractivity contribution in [2.24, 2.45) is 0 Å². The molecule has 0 aliphatic carbocycles. The summed E-state index contributed by atoms with van der Waals surface area (Å²) in [4.78, 5) is 23.0. The average molecular weight is 501 g/mol.